The first-order valence-corrected chi connectivity index (χ1v) is 9.78. The van der Waals surface area contributed by atoms with Crippen LogP contribution in [0.1, 0.15) is 0 Å². The summed E-state index contributed by atoms with van der Waals surface area (Å²) in [5, 5.41) is 7.91. The second-order valence-electron chi connectivity index (χ2n) is 6.56. The Morgan fingerprint density at radius 3 is 2.67 bits per heavy atom. The Morgan fingerprint density at radius 2 is 1.83 bits per heavy atom. The van der Waals surface area contributed by atoms with Crippen molar-refractivity contribution in [3.8, 4) is 33.1 Å². The molecule has 6 aromatic rings. The number of hydrogen-bond acceptors (Lipinski definition) is 7. The van der Waals surface area contributed by atoms with Crippen LogP contribution in [0.5, 0.6) is 0 Å². The van der Waals surface area contributed by atoms with Gasteiger partial charge in [-0.05, 0) is 24.3 Å². The lowest BCUT2D eigenvalue weighted by molar-refractivity contribution is 0.657. The minimum atomic E-state index is -0.243. The number of imidazole rings is 1. The van der Waals surface area contributed by atoms with Crippen LogP contribution in [0.15, 0.2) is 55.4 Å². The number of thiophene rings is 1. The van der Waals surface area contributed by atoms with Crippen LogP contribution in [0.4, 0.5) is 4.39 Å². The van der Waals surface area contributed by atoms with Crippen molar-refractivity contribution in [2.75, 3.05) is 0 Å². The van der Waals surface area contributed by atoms with Gasteiger partial charge in [0.25, 0.3) is 0 Å². The third-order valence-corrected chi connectivity index (χ3v) is 5.66. The van der Waals surface area contributed by atoms with Crippen LogP contribution in [0.2, 0.25) is 0 Å². The van der Waals surface area contributed by atoms with Crippen molar-refractivity contribution in [3.63, 3.8) is 0 Å². The SMILES string of the molecule is Fc1ccc(-c2ccnc3[nH]c(-c4n[nH]c5ncc(-c6cncnc6)cc45)nc23)s1. The molecule has 0 bridgehead atoms. The summed E-state index contributed by atoms with van der Waals surface area (Å²) >= 11 is 1.07. The van der Waals surface area contributed by atoms with E-state index in [9.17, 15) is 4.39 Å². The van der Waals surface area contributed by atoms with E-state index in [1.54, 1.807) is 30.9 Å². The Hall–Kier alpha value is -4.05. The van der Waals surface area contributed by atoms with Gasteiger partial charge in [-0.1, -0.05) is 0 Å². The van der Waals surface area contributed by atoms with Crippen LogP contribution in [0.3, 0.4) is 0 Å². The zero-order chi connectivity index (χ0) is 20.1. The predicted molar refractivity (Wildman–Crippen MR) is 111 cm³/mol. The lowest BCUT2D eigenvalue weighted by Gasteiger charge is -2.00. The normalized spacial score (nSPS) is 11.5. The largest absolute Gasteiger partial charge is 0.321 e. The van der Waals surface area contributed by atoms with Gasteiger partial charge in [-0.2, -0.15) is 9.49 Å². The van der Waals surface area contributed by atoms with E-state index >= 15 is 0 Å². The Balaban J connectivity index is 1.52. The number of aromatic amines is 2. The highest BCUT2D eigenvalue weighted by atomic mass is 32.1. The summed E-state index contributed by atoms with van der Waals surface area (Å²) in [4.78, 5) is 25.7. The maximum absolute atomic E-state index is 13.5. The van der Waals surface area contributed by atoms with Crippen LogP contribution in [-0.4, -0.2) is 40.1 Å². The summed E-state index contributed by atoms with van der Waals surface area (Å²) in [6, 6.07) is 6.98. The van der Waals surface area contributed by atoms with E-state index in [4.69, 9.17) is 4.98 Å². The molecule has 0 saturated heterocycles. The topological polar surface area (TPSA) is 109 Å². The molecule has 0 radical (unpaired) electrons. The highest BCUT2D eigenvalue weighted by Gasteiger charge is 2.17. The molecule has 0 unspecified atom stereocenters. The number of nitrogens with zero attached hydrogens (tertiary/aromatic N) is 6. The monoisotopic (exact) mass is 414 g/mol. The lowest BCUT2D eigenvalue weighted by atomic mass is 10.1. The van der Waals surface area contributed by atoms with E-state index in [-0.39, 0.29) is 5.13 Å². The molecule has 0 saturated carbocycles. The lowest BCUT2D eigenvalue weighted by Crippen LogP contribution is -1.85. The van der Waals surface area contributed by atoms with Crippen molar-refractivity contribution < 1.29 is 4.39 Å². The molecule has 144 valence electrons. The number of pyridine rings is 2. The van der Waals surface area contributed by atoms with E-state index in [1.165, 1.54) is 12.4 Å². The summed E-state index contributed by atoms with van der Waals surface area (Å²) < 4.78 is 13.5. The first-order chi connectivity index (χ1) is 14.8. The number of aromatic nitrogens is 8. The fourth-order valence-electron chi connectivity index (χ4n) is 3.37. The molecule has 0 aliphatic carbocycles. The van der Waals surface area contributed by atoms with Gasteiger partial charge in [0.2, 0.25) is 0 Å². The first-order valence-electron chi connectivity index (χ1n) is 8.96. The minimum absolute atomic E-state index is 0.243. The van der Waals surface area contributed by atoms with Gasteiger partial charge in [0, 0.05) is 46.4 Å². The molecule has 6 rings (SSSR count). The highest BCUT2D eigenvalue weighted by molar-refractivity contribution is 7.14. The molecule has 0 spiro atoms. The van der Waals surface area contributed by atoms with E-state index in [1.807, 2.05) is 12.1 Å². The van der Waals surface area contributed by atoms with Crippen LogP contribution >= 0.6 is 11.3 Å². The molecular weight excluding hydrogens is 403 g/mol. The van der Waals surface area contributed by atoms with Crippen LogP contribution in [0, 0.1) is 5.13 Å². The molecule has 8 nitrogen and oxygen atoms in total. The number of fused-ring (bicyclic) bond motifs is 2. The highest BCUT2D eigenvalue weighted by Crippen LogP contribution is 2.34. The number of rotatable bonds is 3. The van der Waals surface area contributed by atoms with Crippen molar-refractivity contribution in [3.05, 3.63) is 60.5 Å². The van der Waals surface area contributed by atoms with Crippen LogP contribution in [0.25, 0.3) is 55.3 Å². The summed E-state index contributed by atoms with van der Waals surface area (Å²) in [5.41, 5.74) is 5.06. The minimum Gasteiger partial charge on any atom is -0.321 e. The average molecular weight is 414 g/mol. The van der Waals surface area contributed by atoms with E-state index in [0.29, 0.717) is 28.3 Å². The molecule has 6 aromatic heterocycles. The van der Waals surface area contributed by atoms with Gasteiger partial charge in [-0.25, -0.2) is 24.9 Å². The maximum Gasteiger partial charge on any atom is 0.176 e. The summed E-state index contributed by atoms with van der Waals surface area (Å²) in [6.07, 6.45) is 8.36. The van der Waals surface area contributed by atoms with Crippen LogP contribution < -0.4 is 0 Å². The fourth-order valence-corrected chi connectivity index (χ4v) is 4.13. The van der Waals surface area contributed by atoms with Gasteiger partial charge in [-0.3, -0.25) is 5.10 Å². The molecule has 2 N–H and O–H groups in total. The molecule has 0 fully saturated rings. The number of H-pyrrole nitrogens is 2. The fraction of sp³-hybridized carbons (Fsp3) is 0. The van der Waals surface area contributed by atoms with Crippen LogP contribution in [-0.2, 0) is 0 Å². The second kappa shape index (κ2) is 6.49. The first kappa shape index (κ1) is 16.9. The number of halogens is 1. The molecule has 0 aromatic carbocycles. The van der Waals surface area contributed by atoms with Crippen molar-refractivity contribution in [2.45, 2.75) is 0 Å². The van der Waals surface area contributed by atoms with Crippen molar-refractivity contribution in [1.29, 1.82) is 0 Å². The van der Waals surface area contributed by atoms with Gasteiger partial charge >= 0.3 is 0 Å². The molecule has 0 aliphatic heterocycles. The van der Waals surface area contributed by atoms with E-state index in [0.717, 1.165) is 38.3 Å². The quantitative estimate of drug-likeness (QED) is 0.449. The molecular formula is C20H11FN8S. The summed E-state index contributed by atoms with van der Waals surface area (Å²) in [7, 11) is 0. The molecule has 10 heteroatoms. The summed E-state index contributed by atoms with van der Waals surface area (Å²) in [5.74, 6) is 0.552. The standard InChI is InChI=1S/C20H11FN8S/c21-15-2-1-14(30-15)12-3-4-24-19-16(12)26-20(27-19)17-13-5-10(8-25-18(13)29-28-17)11-6-22-9-23-7-11/h1-9H,(H,24,26,27)(H,25,28,29). The molecule has 6 heterocycles. The summed E-state index contributed by atoms with van der Waals surface area (Å²) in [6.45, 7) is 0. The number of nitrogens with one attached hydrogen (secondary N) is 2. The Labute approximate surface area is 171 Å². The van der Waals surface area contributed by atoms with Gasteiger partial charge in [-0.15, -0.1) is 11.3 Å². The van der Waals surface area contributed by atoms with Gasteiger partial charge in [0.1, 0.15) is 17.5 Å². The zero-order valence-corrected chi connectivity index (χ0v) is 16.0. The van der Waals surface area contributed by atoms with Crippen molar-refractivity contribution in [1.82, 2.24) is 40.1 Å². The molecule has 0 aliphatic rings. The third-order valence-electron chi connectivity index (χ3n) is 4.76. The molecule has 30 heavy (non-hydrogen) atoms. The second-order valence-corrected chi connectivity index (χ2v) is 7.60. The zero-order valence-electron chi connectivity index (χ0n) is 15.2. The predicted octanol–water partition coefficient (Wildman–Crippen LogP) is 4.22. The van der Waals surface area contributed by atoms with Gasteiger partial charge in [0.15, 0.2) is 22.2 Å². The van der Waals surface area contributed by atoms with Gasteiger partial charge < -0.3 is 4.98 Å². The van der Waals surface area contributed by atoms with Gasteiger partial charge in [0.05, 0.1) is 5.39 Å². The Morgan fingerprint density at radius 1 is 0.933 bits per heavy atom. The third kappa shape index (κ3) is 2.65. The average Bonchev–Trinajstić information content (AvgIpc) is 3.51. The Bertz CT molecular complexity index is 1520. The number of hydrogen-bond donors (Lipinski definition) is 2. The van der Waals surface area contributed by atoms with Crippen molar-refractivity contribution in [2.24, 2.45) is 0 Å². The van der Waals surface area contributed by atoms with E-state index in [2.05, 4.69) is 35.1 Å². The van der Waals surface area contributed by atoms with Crippen molar-refractivity contribution >= 4 is 33.5 Å². The molecule has 0 amide bonds. The Kier molecular flexibility index (Phi) is 3.65. The smallest absolute Gasteiger partial charge is 0.176 e. The molecule has 0 atom stereocenters. The van der Waals surface area contributed by atoms with E-state index < -0.39 is 0 Å². The maximum atomic E-state index is 13.5.